The van der Waals surface area contributed by atoms with Gasteiger partial charge in [-0.3, -0.25) is 14.9 Å². The minimum atomic E-state index is -0.590. The van der Waals surface area contributed by atoms with E-state index in [4.69, 9.17) is 9.47 Å². The number of thiophene rings is 1. The van der Waals surface area contributed by atoms with Gasteiger partial charge in [0, 0.05) is 28.0 Å². The van der Waals surface area contributed by atoms with E-state index in [1.807, 2.05) is 49.4 Å². The second-order valence-corrected chi connectivity index (χ2v) is 10.8. The lowest BCUT2D eigenvalue weighted by molar-refractivity contribution is -0.384. The number of nitro benzene ring substituents is 1. The first-order valence-corrected chi connectivity index (χ1v) is 13.6. The lowest BCUT2D eigenvalue weighted by Crippen LogP contribution is -2.21. The number of carbonyl (C=O) groups is 2. The van der Waals surface area contributed by atoms with Crippen LogP contribution in [0.15, 0.2) is 78.9 Å². The molecule has 1 amide bonds. The van der Waals surface area contributed by atoms with Crippen LogP contribution in [0.4, 0.5) is 10.7 Å². The number of rotatable bonds is 10. The van der Waals surface area contributed by atoms with Crippen molar-refractivity contribution in [2.75, 3.05) is 18.5 Å². The summed E-state index contributed by atoms with van der Waals surface area (Å²) in [4.78, 5) is 37.1. The molecule has 0 radical (unpaired) electrons. The molecule has 8 nitrogen and oxygen atoms in total. The Bertz CT molecular complexity index is 1510. The maximum absolute atomic E-state index is 12.9. The molecule has 0 aliphatic heterocycles. The first-order valence-electron chi connectivity index (χ1n) is 12.8. The predicted octanol–water partition coefficient (Wildman–Crippen LogP) is 7.15. The fraction of sp³-hybridized carbons (Fsp3) is 0.226. The van der Waals surface area contributed by atoms with Gasteiger partial charge in [0.25, 0.3) is 11.6 Å². The molecule has 1 N–H and O–H groups in total. The molecule has 9 heteroatoms. The molecule has 0 bridgehead atoms. The van der Waals surface area contributed by atoms with Crippen LogP contribution in [0.3, 0.4) is 0 Å². The van der Waals surface area contributed by atoms with Crippen LogP contribution in [0.1, 0.15) is 47.1 Å². The topological polar surface area (TPSA) is 108 Å². The maximum Gasteiger partial charge on any atom is 0.341 e. The Balaban J connectivity index is 1.49. The molecule has 0 unspecified atom stereocenters. The van der Waals surface area contributed by atoms with Gasteiger partial charge in [0.15, 0.2) is 6.61 Å². The van der Waals surface area contributed by atoms with Crippen molar-refractivity contribution in [3.05, 3.63) is 111 Å². The highest BCUT2D eigenvalue weighted by Gasteiger charge is 2.26. The molecule has 1 aromatic heterocycles. The lowest BCUT2D eigenvalue weighted by Gasteiger charge is -2.26. The highest BCUT2D eigenvalue weighted by molar-refractivity contribution is 7.17. The second-order valence-electron chi connectivity index (χ2n) is 9.61. The van der Waals surface area contributed by atoms with E-state index >= 15 is 0 Å². The summed E-state index contributed by atoms with van der Waals surface area (Å²) < 4.78 is 11.0. The van der Waals surface area contributed by atoms with Gasteiger partial charge in [-0.05, 0) is 54.8 Å². The van der Waals surface area contributed by atoms with Gasteiger partial charge in [-0.15, -0.1) is 11.3 Å². The summed E-state index contributed by atoms with van der Waals surface area (Å²) in [7, 11) is 0. The van der Waals surface area contributed by atoms with E-state index in [2.05, 4.69) is 31.3 Å². The van der Waals surface area contributed by atoms with Crippen LogP contribution >= 0.6 is 11.3 Å². The fourth-order valence-electron chi connectivity index (χ4n) is 4.43. The molecule has 40 heavy (non-hydrogen) atoms. The minimum absolute atomic E-state index is 0.0587. The van der Waals surface area contributed by atoms with Gasteiger partial charge in [0.1, 0.15) is 16.3 Å². The van der Waals surface area contributed by atoms with Crippen molar-refractivity contribution in [1.82, 2.24) is 0 Å². The van der Waals surface area contributed by atoms with E-state index in [1.54, 1.807) is 19.1 Å². The molecule has 1 heterocycles. The zero-order valence-electron chi connectivity index (χ0n) is 22.7. The monoisotopic (exact) mass is 558 g/mol. The third-order valence-corrected chi connectivity index (χ3v) is 7.65. The number of aryl methyl sites for hydroxylation is 1. The Morgan fingerprint density at radius 2 is 1.57 bits per heavy atom. The molecule has 3 aromatic carbocycles. The molecule has 206 valence electrons. The van der Waals surface area contributed by atoms with E-state index < -0.39 is 16.8 Å². The zero-order chi connectivity index (χ0) is 28.9. The van der Waals surface area contributed by atoms with Crippen LogP contribution in [0.2, 0.25) is 0 Å². The number of nitro groups is 1. The SMILES string of the molecule is CCOC(=O)c1c(NC(=O)COc2ccc(C(C)(C)c3ccccc3)cc2)sc(C)c1-c1ccc([N+](=O)[O-])cc1. The van der Waals surface area contributed by atoms with Gasteiger partial charge >= 0.3 is 5.97 Å². The van der Waals surface area contributed by atoms with Crippen molar-refractivity contribution in [3.63, 3.8) is 0 Å². The van der Waals surface area contributed by atoms with Crippen LogP contribution < -0.4 is 10.1 Å². The van der Waals surface area contributed by atoms with E-state index in [-0.39, 0.29) is 29.9 Å². The molecule has 4 aromatic rings. The van der Waals surface area contributed by atoms with Crippen LogP contribution in [0.5, 0.6) is 5.75 Å². The standard InChI is InChI=1S/C31H30N2O6S/c1-5-38-30(35)28-27(21-11-15-24(16-12-21)33(36)37)20(2)40-29(28)32-26(34)19-39-25-17-13-23(14-18-25)31(3,4)22-9-7-6-8-10-22/h6-18H,5,19H2,1-4H3,(H,32,34). The number of ether oxygens (including phenoxy) is 2. The number of nitrogens with one attached hydrogen (secondary N) is 1. The van der Waals surface area contributed by atoms with Crippen LogP contribution in [0, 0.1) is 17.0 Å². The Kier molecular flexibility index (Phi) is 8.64. The second kappa shape index (κ2) is 12.1. The van der Waals surface area contributed by atoms with E-state index in [9.17, 15) is 19.7 Å². The summed E-state index contributed by atoms with van der Waals surface area (Å²) in [5.41, 5.74) is 3.43. The number of nitrogens with zero attached hydrogens (tertiary/aromatic N) is 1. The number of non-ortho nitro benzene ring substituents is 1. The molecular formula is C31H30N2O6S. The minimum Gasteiger partial charge on any atom is -0.484 e. The van der Waals surface area contributed by atoms with Gasteiger partial charge in [-0.1, -0.05) is 56.3 Å². The lowest BCUT2D eigenvalue weighted by atomic mass is 9.78. The Morgan fingerprint density at radius 3 is 2.17 bits per heavy atom. The first-order chi connectivity index (χ1) is 19.1. The average molecular weight is 559 g/mol. The number of carbonyl (C=O) groups excluding carboxylic acids is 2. The van der Waals surface area contributed by atoms with E-state index in [0.29, 0.717) is 21.9 Å². The average Bonchev–Trinajstić information content (AvgIpc) is 3.28. The van der Waals surface area contributed by atoms with Crippen LogP contribution in [-0.2, 0) is 14.9 Å². The van der Waals surface area contributed by atoms with Crippen molar-refractivity contribution < 1.29 is 24.0 Å². The molecule has 4 rings (SSSR count). The summed E-state index contributed by atoms with van der Waals surface area (Å²) in [6.45, 7) is 7.71. The quantitative estimate of drug-likeness (QED) is 0.126. The number of hydrogen-bond donors (Lipinski definition) is 1. The number of anilines is 1. The van der Waals surface area contributed by atoms with Crippen LogP contribution in [0.25, 0.3) is 11.1 Å². The van der Waals surface area contributed by atoms with Crippen LogP contribution in [-0.4, -0.2) is 30.0 Å². The molecular weight excluding hydrogens is 528 g/mol. The molecule has 0 aliphatic rings. The van der Waals surface area contributed by atoms with Gasteiger partial charge in [-0.2, -0.15) is 0 Å². The number of esters is 1. The fourth-order valence-corrected chi connectivity index (χ4v) is 5.51. The van der Waals surface area contributed by atoms with Gasteiger partial charge in [0.05, 0.1) is 11.5 Å². The van der Waals surface area contributed by atoms with E-state index in [0.717, 1.165) is 10.4 Å². The van der Waals surface area contributed by atoms with Gasteiger partial charge < -0.3 is 14.8 Å². The van der Waals surface area contributed by atoms with Crippen molar-refractivity contribution in [3.8, 4) is 16.9 Å². The summed E-state index contributed by atoms with van der Waals surface area (Å²) in [5, 5.41) is 14.2. The molecule has 0 aliphatic carbocycles. The van der Waals surface area contributed by atoms with Crippen molar-refractivity contribution >= 4 is 33.9 Å². The molecule has 0 atom stereocenters. The summed E-state index contributed by atoms with van der Waals surface area (Å²) in [6, 6.07) is 23.8. The van der Waals surface area contributed by atoms with Gasteiger partial charge in [-0.25, -0.2) is 4.79 Å². The normalized spacial score (nSPS) is 11.1. The van der Waals surface area contributed by atoms with Crippen molar-refractivity contribution in [2.24, 2.45) is 0 Å². The van der Waals surface area contributed by atoms with E-state index in [1.165, 1.54) is 29.0 Å². The first kappa shape index (κ1) is 28.5. The molecule has 0 fully saturated rings. The molecule has 0 saturated heterocycles. The molecule has 0 saturated carbocycles. The Morgan fingerprint density at radius 1 is 0.950 bits per heavy atom. The number of amides is 1. The highest BCUT2D eigenvalue weighted by Crippen LogP contribution is 2.41. The number of hydrogen-bond acceptors (Lipinski definition) is 7. The summed E-state index contributed by atoms with van der Waals surface area (Å²) in [5.74, 6) is -0.480. The zero-order valence-corrected chi connectivity index (χ0v) is 23.5. The summed E-state index contributed by atoms with van der Waals surface area (Å²) >= 11 is 1.23. The maximum atomic E-state index is 12.9. The summed E-state index contributed by atoms with van der Waals surface area (Å²) in [6.07, 6.45) is 0. The van der Waals surface area contributed by atoms with Crippen molar-refractivity contribution in [1.29, 1.82) is 0 Å². The predicted molar refractivity (Wildman–Crippen MR) is 156 cm³/mol. The van der Waals surface area contributed by atoms with Gasteiger partial charge in [0.2, 0.25) is 0 Å². The Labute approximate surface area is 236 Å². The smallest absolute Gasteiger partial charge is 0.341 e. The number of benzene rings is 3. The third kappa shape index (κ3) is 6.21. The van der Waals surface area contributed by atoms with Crippen molar-refractivity contribution in [2.45, 2.75) is 33.1 Å². The highest BCUT2D eigenvalue weighted by atomic mass is 32.1. The molecule has 0 spiro atoms. The Hall–Kier alpha value is -4.50. The largest absolute Gasteiger partial charge is 0.484 e. The third-order valence-electron chi connectivity index (χ3n) is 6.62.